The van der Waals surface area contributed by atoms with Gasteiger partial charge in [0.2, 0.25) is 11.8 Å². The predicted octanol–water partition coefficient (Wildman–Crippen LogP) is 2.09. The van der Waals surface area contributed by atoms with Gasteiger partial charge in [0.25, 0.3) is 0 Å². The van der Waals surface area contributed by atoms with Crippen LogP contribution in [0.3, 0.4) is 0 Å². The number of carbonyl (C=O) groups excluding carboxylic acids is 2. The van der Waals surface area contributed by atoms with Gasteiger partial charge in [0.15, 0.2) is 0 Å². The van der Waals surface area contributed by atoms with Crippen molar-refractivity contribution >= 4 is 11.8 Å². The van der Waals surface area contributed by atoms with Crippen molar-refractivity contribution < 1.29 is 14.0 Å². The van der Waals surface area contributed by atoms with Gasteiger partial charge < -0.3 is 16.0 Å². The van der Waals surface area contributed by atoms with Crippen LogP contribution in [0, 0.1) is 5.82 Å². The Morgan fingerprint density at radius 2 is 1.70 bits per heavy atom. The van der Waals surface area contributed by atoms with Gasteiger partial charge >= 0.3 is 0 Å². The van der Waals surface area contributed by atoms with Crippen LogP contribution < -0.4 is 16.0 Å². The third-order valence-corrected chi connectivity index (χ3v) is 4.39. The molecule has 0 spiro atoms. The summed E-state index contributed by atoms with van der Waals surface area (Å²) in [5, 5.41) is 9.06. The van der Waals surface area contributed by atoms with Crippen molar-refractivity contribution in [1.82, 2.24) is 16.0 Å². The summed E-state index contributed by atoms with van der Waals surface area (Å²) in [7, 11) is 0. The Morgan fingerprint density at radius 1 is 1.00 bits per heavy atom. The molecule has 3 rings (SSSR count). The quantitative estimate of drug-likeness (QED) is 0.593. The van der Waals surface area contributed by atoms with E-state index in [4.69, 9.17) is 0 Å². The zero-order valence-electron chi connectivity index (χ0n) is 15.1. The summed E-state index contributed by atoms with van der Waals surface area (Å²) in [6, 6.07) is 15.3. The third kappa shape index (κ3) is 6.18. The van der Waals surface area contributed by atoms with Gasteiger partial charge in [0, 0.05) is 19.1 Å². The molecule has 0 radical (unpaired) electrons. The first-order valence-electron chi connectivity index (χ1n) is 9.21. The molecular formula is C21H24FN3O2. The van der Waals surface area contributed by atoms with E-state index in [0.717, 1.165) is 24.0 Å². The van der Waals surface area contributed by atoms with E-state index in [-0.39, 0.29) is 24.1 Å². The van der Waals surface area contributed by atoms with Gasteiger partial charge in [-0.05, 0) is 36.1 Å². The first-order valence-corrected chi connectivity index (χ1v) is 9.21. The van der Waals surface area contributed by atoms with Crippen LogP contribution in [0.4, 0.5) is 4.39 Å². The van der Waals surface area contributed by atoms with Crippen molar-refractivity contribution in [2.45, 2.75) is 31.3 Å². The maximum Gasteiger partial charge on any atom is 0.241 e. The van der Waals surface area contributed by atoms with E-state index in [9.17, 15) is 14.0 Å². The maximum absolute atomic E-state index is 12.9. The zero-order valence-corrected chi connectivity index (χ0v) is 15.1. The molecule has 0 saturated heterocycles. The highest BCUT2D eigenvalue weighted by Crippen LogP contribution is 2.21. The summed E-state index contributed by atoms with van der Waals surface area (Å²) < 4.78 is 12.9. The molecule has 5 nitrogen and oxygen atoms in total. The van der Waals surface area contributed by atoms with E-state index in [1.807, 2.05) is 30.3 Å². The van der Waals surface area contributed by atoms with Crippen molar-refractivity contribution in [1.29, 1.82) is 0 Å². The van der Waals surface area contributed by atoms with E-state index in [1.54, 1.807) is 12.1 Å². The van der Waals surface area contributed by atoms with Gasteiger partial charge in [-0.3, -0.25) is 9.59 Å². The Labute approximate surface area is 158 Å². The lowest BCUT2D eigenvalue weighted by atomic mass is 10.1. The Kier molecular flexibility index (Phi) is 6.54. The number of nitrogens with one attached hydrogen (secondary N) is 3. The molecular weight excluding hydrogens is 345 g/mol. The topological polar surface area (TPSA) is 70.2 Å². The van der Waals surface area contributed by atoms with Gasteiger partial charge in [-0.15, -0.1) is 0 Å². The van der Waals surface area contributed by atoms with Crippen molar-refractivity contribution in [2.75, 3.05) is 13.1 Å². The third-order valence-electron chi connectivity index (χ3n) is 4.39. The van der Waals surface area contributed by atoms with Crippen LogP contribution in [0.2, 0.25) is 0 Å². The van der Waals surface area contributed by atoms with E-state index in [1.165, 1.54) is 12.1 Å². The van der Waals surface area contributed by atoms with E-state index in [2.05, 4.69) is 16.0 Å². The molecule has 2 aromatic carbocycles. The second-order valence-corrected chi connectivity index (χ2v) is 6.73. The molecule has 0 aliphatic heterocycles. The highest BCUT2D eigenvalue weighted by molar-refractivity contribution is 5.83. The van der Waals surface area contributed by atoms with Crippen LogP contribution in [0.1, 0.15) is 30.0 Å². The van der Waals surface area contributed by atoms with E-state index >= 15 is 0 Å². The molecule has 0 heterocycles. The Bertz CT molecular complexity index is 761. The molecule has 2 aromatic rings. The van der Waals surface area contributed by atoms with Crippen LogP contribution in [0.15, 0.2) is 54.6 Å². The lowest BCUT2D eigenvalue weighted by Gasteiger charge is -2.19. The monoisotopic (exact) mass is 369 g/mol. The van der Waals surface area contributed by atoms with Gasteiger partial charge in [0.1, 0.15) is 11.9 Å². The van der Waals surface area contributed by atoms with E-state index in [0.29, 0.717) is 19.1 Å². The molecule has 1 aliphatic carbocycles. The summed E-state index contributed by atoms with van der Waals surface area (Å²) in [6.45, 7) is 0.868. The number of rotatable bonds is 9. The second-order valence-electron chi connectivity index (χ2n) is 6.73. The van der Waals surface area contributed by atoms with Crippen molar-refractivity contribution in [3.63, 3.8) is 0 Å². The van der Waals surface area contributed by atoms with Crippen LogP contribution in [-0.2, 0) is 16.0 Å². The number of hydrogen-bond donors (Lipinski definition) is 3. The largest absolute Gasteiger partial charge is 0.355 e. The fourth-order valence-electron chi connectivity index (χ4n) is 2.79. The number of amides is 2. The molecule has 0 unspecified atom stereocenters. The van der Waals surface area contributed by atoms with Gasteiger partial charge in [-0.1, -0.05) is 42.5 Å². The maximum atomic E-state index is 12.9. The minimum Gasteiger partial charge on any atom is -0.355 e. The first kappa shape index (κ1) is 19.0. The molecule has 0 aromatic heterocycles. The Morgan fingerprint density at radius 3 is 2.37 bits per heavy atom. The Hall–Kier alpha value is -2.73. The SMILES string of the molecule is O=C(Cc1ccc(F)cc1)NCCN[C@@H](C(=O)NC1CC1)c1ccccc1. The van der Waals surface area contributed by atoms with Gasteiger partial charge in [-0.2, -0.15) is 0 Å². The summed E-state index contributed by atoms with van der Waals surface area (Å²) >= 11 is 0. The minimum atomic E-state index is -0.444. The molecule has 1 aliphatic rings. The first-order chi connectivity index (χ1) is 13.1. The molecule has 3 N–H and O–H groups in total. The summed E-state index contributed by atoms with van der Waals surface area (Å²) in [4.78, 5) is 24.5. The van der Waals surface area contributed by atoms with Crippen molar-refractivity contribution in [3.05, 3.63) is 71.5 Å². The highest BCUT2D eigenvalue weighted by atomic mass is 19.1. The van der Waals surface area contributed by atoms with Gasteiger partial charge in [-0.25, -0.2) is 4.39 Å². The van der Waals surface area contributed by atoms with Crippen molar-refractivity contribution in [3.8, 4) is 0 Å². The molecule has 142 valence electrons. The van der Waals surface area contributed by atoms with Crippen molar-refractivity contribution in [2.24, 2.45) is 0 Å². The number of halogens is 1. The molecule has 27 heavy (non-hydrogen) atoms. The van der Waals surface area contributed by atoms with Crippen LogP contribution in [0.5, 0.6) is 0 Å². The summed E-state index contributed by atoms with van der Waals surface area (Å²) in [5.74, 6) is -0.497. The lowest BCUT2D eigenvalue weighted by Crippen LogP contribution is -2.41. The minimum absolute atomic E-state index is 0.0404. The normalized spacial score (nSPS) is 14.4. The average Bonchev–Trinajstić information content (AvgIpc) is 3.48. The summed E-state index contributed by atoms with van der Waals surface area (Å²) in [6.07, 6.45) is 2.27. The van der Waals surface area contributed by atoms with Crippen LogP contribution >= 0.6 is 0 Å². The van der Waals surface area contributed by atoms with Crippen LogP contribution in [0.25, 0.3) is 0 Å². The average molecular weight is 369 g/mol. The van der Waals surface area contributed by atoms with Gasteiger partial charge in [0.05, 0.1) is 6.42 Å². The molecule has 1 saturated carbocycles. The Balaban J connectivity index is 1.46. The van der Waals surface area contributed by atoms with Crippen LogP contribution in [-0.4, -0.2) is 30.9 Å². The molecule has 1 fully saturated rings. The second kappa shape index (κ2) is 9.28. The number of carbonyl (C=O) groups is 2. The highest BCUT2D eigenvalue weighted by Gasteiger charge is 2.28. The number of hydrogen-bond acceptors (Lipinski definition) is 3. The molecule has 0 bridgehead atoms. The molecule has 2 amide bonds. The smallest absolute Gasteiger partial charge is 0.241 e. The fourth-order valence-corrected chi connectivity index (χ4v) is 2.79. The fraction of sp³-hybridized carbons (Fsp3) is 0.333. The van der Waals surface area contributed by atoms with E-state index < -0.39 is 6.04 Å². The summed E-state index contributed by atoms with van der Waals surface area (Å²) in [5.41, 5.74) is 1.65. The molecule has 6 heteroatoms. The number of benzene rings is 2. The lowest BCUT2D eigenvalue weighted by molar-refractivity contribution is -0.123. The predicted molar refractivity (Wildman–Crippen MR) is 101 cm³/mol. The standard InChI is InChI=1S/C21H24FN3O2/c22-17-8-6-15(7-9-17)14-19(26)23-12-13-24-20(16-4-2-1-3-5-16)21(27)25-18-10-11-18/h1-9,18,20,24H,10-14H2,(H,23,26)(H,25,27)/t20-/m1/s1. The molecule has 1 atom stereocenters. The zero-order chi connectivity index (χ0) is 19.1.